The van der Waals surface area contributed by atoms with E-state index < -0.39 is 7.49 Å². The van der Waals surface area contributed by atoms with Gasteiger partial charge in [-0.3, -0.25) is 0 Å². The highest BCUT2D eigenvalue weighted by Gasteiger charge is 2.47. The van der Waals surface area contributed by atoms with Crippen LogP contribution in [0.25, 0.3) is 0 Å². The van der Waals surface area contributed by atoms with Gasteiger partial charge in [-0.2, -0.15) is 0 Å². The Morgan fingerprint density at radius 2 is 0.913 bits per heavy atom. The minimum Gasteiger partial charge on any atom is -1.00 e. The fourth-order valence-electron chi connectivity index (χ4n) is 2.78. The van der Waals surface area contributed by atoms with E-state index in [-0.39, 0.29) is 12.4 Å². The molecular formula is C20H20ClOP. The van der Waals surface area contributed by atoms with Gasteiger partial charge in [-0.15, -0.1) is 0 Å². The first-order chi connectivity index (χ1) is 10.9. The zero-order valence-electron chi connectivity index (χ0n) is 13.1. The van der Waals surface area contributed by atoms with Crippen LogP contribution >= 0.6 is 7.49 Å². The lowest BCUT2D eigenvalue weighted by Gasteiger charge is -2.25. The van der Waals surface area contributed by atoms with E-state index in [4.69, 9.17) is 4.52 Å². The van der Waals surface area contributed by atoms with E-state index in [2.05, 4.69) is 97.9 Å². The molecule has 0 saturated carbocycles. The Morgan fingerprint density at radius 1 is 0.609 bits per heavy atom. The molecule has 0 radical (unpaired) electrons. The van der Waals surface area contributed by atoms with Crippen molar-refractivity contribution in [2.24, 2.45) is 0 Å². The van der Waals surface area contributed by atoms with Crippen LogP contribution in [0, 0.1) is 0 Å². The summed E-state index contributed by atoms with van der Waals surface area (Å²) in [4.78, 5) is 0. The first-order valence-electron chi connectivity index (χ1n) is 7.58. The van der Waals surface area contributed by atoms with E-state index in [0.29, 0.717) is 6.61 Å². The van der Waals surface area contributed by atoms with Crippen molar-refractivity contribution in [1.29, 1.82) is 0 Å². The van der Waals surface area contributed by atoms with Crippen LogP contribution in [-0.4, -0.2) is 6.61 Å². The first kappa shape index (κ1) is 17.7. The van der Waals surface area contributed by atoms with Crippen LogP contribution in [0.5, 0.6) is 0 Å². The number of rotatable bonds is 5. The Morgan fingerprint density at radius 3 is 1.17 bits per heavy atom. The first-order valence-corrected chi connectivity index (χ1v) is 9.29. The van der Waals surface area contributed by atoms with Crippen molar-refractivity contribution < 1.29 is 16.9 Å². The molecule has 0 amide bonds. The van der Waals surface area contributed by atoms with E-state index in [9.17, 15) is 0 Å². The standard InChI is InChI=1S/C20H20OP.ClH/c1-2-21-22(18-12-6-3-7-13-18,19-14-8-4-9-15-19)20-16-10-5-11-17-20;/h3-17H,2H2,1H3;1H/q+1;/p-1. The van der Waals surface area contributed by atoms with Gasteiger partial charge in [-0.05, 0) is 43.3 Å². The molecule has 0 aromatic heterocycles. The molecule has 3 heteroatoms. The summed E-state index contributed by atoms with van der Waals surface area (Å²) in [6.45, 7) is 2.76. The summed E-state index contributed by atoms with van der Waals surface area (Å²) >= 11 is 0. The molecule has 0 atom stereocenters. The lowest BCUT2D eigenvalue weighted by atomic mass is 10.4. The lowest BCUT2D eigenvalue weighted by Crippen LogP contribution is -3.00. The molecule has 3 aromatic rings. The topological polar surface area (TPSA) is 9.23 Å². The lowest BCUT2D eigenvalue weighted by molar-refractivity contribution is -0.00000500. The Labute approximate surface area is 145 Å². The molecule has 0 aliphatic carbocycles. The number of hydrogen-bond acceptors (Lipinski definition) is 1. The summed E-state index contributed by atoms with van der Waals surface area (Å²) in [5, 5.41) is 3.78. The fraction of sp³-hybridized carbons (Fsp3) is 0.100. The third kappa shape index (κ3) is 3.48. The predicted octanol–water partition coefficient (Wildman–Crippen LogP) is 0.936. The largest absolute Gasteiger partial charge is 1.00 e. The molecule has 1 nitrogen and oxygen atoms in total. The van der Waals surface area contributed by atoms with Gasteiger partial charge in [-0.25, -0.2) is 4.52 Å². The molecule has 0 bridgehead atoms. The minimum atomic E-state index is -2.05. The normalized spacial score (nSPS) is 10.8. The maximum atomic E-state index is 6.50. The Bertz CT molecular complexity index is 605. The average Bonchev–Trinajstić information content (AvgIpc) is 2.62. The van der Waals surface area contributed by atoms with Crippen molar-refractivity contribution in [3.05, 3.63) is 91.0 Å². The van der Waals surface area contributed by atoms with Crippen LogP contribution in [0.1, 0.15) is 6.92 Å². The highest BCUT2D eigenvalue weighted by molar-refractivity contribution is 7.91. The van der Waals surface area contributed by atoms with Gasteiger partial charge in [0, 0.05) is 0 Å². The van der Waals surface area contributed by atoms with Gasteiger partial charge in [0.2, 0.25) is 7.49 Å². The Kier molecular flexibility index (Phi) is 6.36. The maximum absolute atomic E-state index is 6.50. The number of benzene rings is 3. The second-order valence-electron chi connectivity index (χ2n) is 5.03. The van der Waals surface area contributed by atoms with E-state index >= 15 is 0 Å². The summed E-state index contributed by atoms with van der Waals surface area (Å²) in [7, 11) is -2.05. The van der Waals surface area contributed by atoms with Crippen LogP contribution in [0.2, 0.25) is 0 Å². The van der Waals surface area contributed by atoms with Crippen LogP contribution < -0.4 is 28.3 Å². The SMILES string of the molecule is CCO[P+](c1ccccc1)(c1ccccc1)c1ccccc1.[Cl-]. The minimum absolute atomic E-state index is 0. The van der Waals surface area contributed by atoms with Gasteiger partial charge in [-0.1, -0.05) is 54.6 Å². The molecule has 3 aromatic carbocycles. The van der Waals surface area contributed by atoms with Gasteiger partial charge in [0.05, 0.1) is 6.61 Å². The molecule has 0 aliphatic rings. The predicted molar refractivity (Wildman–Crippen MR) is 96.8 cm³/mol. The van der Waals surface area contributed by atoms with Crippen LogP contribution in [-0.2, 0) is 4.52 Å². The maximum Gasteiger partial charge on any atom is 0.242 e. The molecule has 23 heavy (non-hydrogen) atoms. The zero-order chi connectivity index (χ0) is 15.3. The van der Waals surface area contributed by atoms with Crippen molar-refractivity contribution in [3.63, 3.8) is 0 Å². The van der Waals surface area contributed by atoms with Crippen molar-refractivity contribution in [1.82, 2.24) is 0 Å². The highest BCUT2D eigenvalue weighted by Crippen LogP contribution is 2.56. The summed E-state index contributed by atoms with van der Waals surface area (Å²) in [6, 6.07) is 31.8. The van der Waals surface area contributed by atoms with Crippen LogP contribution in [0.4, 0.5) is 0 Å². The van der Waals surface area contributed by atoms with Crippen molar-refractivity contribution in [2.75, 3.05) is 6.61 Å². The number of halogens is 1. The molecule has 0 unspecified atom stereocenters. The monoisotopic (exact) mass is 342 g/mol. The number of hydrogen-bond donors (Lipinski definition) is 0. The molecule has 3 rings (SSSR count). The molecule has 0 heterocycles. The van der Waals surface area contributed by atoms with Gasteiger partial charge < -0.3 is 12.4 Å². The van der Waals surface area contributed by atoms with E-state index in [1.165, 1.54) is 15.9 Å². The third-order valence-corrected chi connectivity index (χ3v) is 7.40. The second kappa shape index (κ2) is 8.26. The zero-order valence-corrected chi connectivity index (χ0v) is 14.8. The third-order valence-electron chi connectivity index (χ3n) is 3.68. The van der Waals surface area contributed by atoms with Gasteiger partial charge in [0.1, 0.15) is 15.9 Å². The summed E-state index contributed by atoms with van der Waals surface area (Å²) in [5.41, 5.74) is 0. The summed E-state index contributed by atoms with van der Waals surface area (Å²) in [5.74, 6) is 0. The Hall–Kier alpha value is -1.66. The van der Waals surface area contributed by atoms with E-state index in [1.807, 2.05) is 0 Å². The van der Waals surface area contributed by atoms with Gasteiger partial charge >= 0.3 is 0 Å². The summed E-state index contributed by atoms with van der Waals surface area (Å²) in [6.07, 6.45) is 0. The van der Waals surface area contributed by atoms with E-state index in [0.717, 1.165) is 0 Å². The molecule has 0 spiro atoms. The average molecular weight is 343 g/mol. The molecular weight excluding hydrogens is 323 g/mol. The molecule has 0 aliphatic heterocycles. The smallest absolute Gasteiger partial charge is 0.242 e. The fourth-order valence-corrected chi connectivity index (χ4v) is 6.28. The molecule has 118 valence electrons. The highest BCUT2D eigenvalue weighted by atomic mass is 35.5. The van der Waals surface area contributed by atoms with Gasteiger partial charge in [0.15, 0.2) is 0 Å². The Balaban J connectivity index is 0.00000192. The second-order valence-corrected chi connectivity index (χ2v) is 8.06. The van der Waals surface area contributed by atoms with Crippen molar-refractivity contribution in [3.8, 4) is 0 Å². The van der Waals surface area contributed by atoms with Gasteiger partial charge in [0.25, 0.3) is 0 Å². The van der Waals surface area contributed by atoms with Crippen LogP contribution in [0.15, 0.2) is 91.0 Å². The quantitative estimate of drug-likeness (QED) is 0.627. The molecule has 0 N–H and O–H groups in total. The molecule has 0 fully saturated rings. The summed E-state index contributed by atoms with van der Waals surface area (Å²) < 4.78 is 6.50. The molecule has 0 saturated heterocycles. The van der Waals surface area contributed by atoms with Crippen molar-refractivity contribution >= 4 is 23.4 Å². The van der Waals surface area contributed by atoms with Crippen LogP contribution in [0.3, 0.4) is 0 Å². The van der Waals surface area contributed by atoms with E-state index in [1.54, 1.807) is 0 Å². The van der Waals surface area contributed by atoms with Crippen molar-refractivity contribution in [2.45, 2.75) is 6.92 Å².